The Bertz CT molecular complexity index is 441. The molecule has 1 fully saturated rings. The van der Waals surface area contributed by atoms with Gasteiger partial charge in [0.25, 0.3) is 0 Å². The zero-order valence-electron chi connectivity index (χ0n) is 10.6. The SMILES string of the molecule is CS(=O)(=O)N1CCC(C(=O)N[C@@H](CO)C(=O)O)CC1. The smallest absolute Gasteiger partial charge is 0.328 e. The minimum Gasteiger partial charge on any atom is -0.480 e. The van der Waals surface area contributed by atoms with Crippen molar-refractivity contribution in [3.63, 3.8) is 0 Å². The summed E-state index contributed by atoms with van der Waals surface area (Å²) >= 11 is 0. The quantitative estimate of drug-likeness (QED) is 0.550. The van der Waals surface area contributed by atoms with Gasteiger partial charge in [-0.3, -0.25) is 4.79 Å². The second kappa shape index (κ2) is 6.31. The van der Waals surface area contributed by atoms with E-state index in [1.54, 1.807) is 0 Å². The normalized spacial score (nSPS) is 19.9. The molecule has 19 heavy (non-hydrogen) atoms. The van der Waals surface area contributed by atoms with E-state index in [1.807, 2.05) is 0 Å². The molecule has 0 aromatic carbocycles. The molecule has 0 aromatic rings. The first kappa shape index (κ1) is 15.9. The molecule has 1 atom stereocenters. The first-order chi connectivity index (χ1) is 8.75. The molecule has 0 bridgehead atoms. The maximum atomic E-state index is 11.8. The number of nitrogens with one attached hydrogen (secondary N) is 1. The fourth-order valence-corrected chi connectivity index (χ4v) is 2.80. The van der Waals surface area contributed by atoms with Crippen molar-refractivity contribution in [2.75, 3.05) is 26.0 Å². The van der Waals surface area contributed by atoms with Crippen LogP contribution in [-0.2, 0) is 19.6 Å². The molecule has 1 aliphatic rings. The lowest BCUT2D eigenvalue weighted by Gasteiger charge is -2.29. The van der Waals surface area contributed by atoms with Gasteiger partial charge in [0.15, 0.2) is 0 Å². The number of sulfonamides is 1. The topological polar surface area (TPSA) is 124 Å². The van der Waals surface area contributed by atoms with E-state index in [0.717, 1.165) is 6.26 Å². The minimum atomic E-state index is -3.25. The number of amides is 1. The van der Waals surface area contributed by atoms with E-state index in [2.05, 4.69) is 5.32 Å². The zero-order chi connectivity index (χ0) is 14.6. The molecule has 0 aromatic heterocycles. The second-order valence-electron chi connectivity index (χ2n) is 4.52. The van der Waals surface area contributed by atoms with Gasteiger partial charge in [0.2, 0.25) is 15.9 Å². The molecule has 1 heterocycles. The molecule has 0 aliphatic carbocycles. The van der Waals surface area contributed by atoms with Crippen molar-refractivity contribution in [3.8, 4) is 0 Å². The van der Waals surface area contributed by atoms with Gasteiger partial charge in [0.1, 0.15) is 6.04 Å². The van der Waals surface area contributed by atoms with Crippen molar-refractivity contribution >= 4 is 21.9 Å². The van der Waals surface area contributed by atoms with Gasteiger partial charge in [0.05, 0.1) is 12.9 Å². The first-order valence-electron chi connectivity index (χ1n) is 5.85. The lowest BCUT2D eigenvalue weighted by molar-refractivity contribution is -0.143. The van der Waals surface area contributed by atoms with Crippen LogP contribution >= 0.6 is 0 Å². The number of carboxylic acid groups (broad SMARTS) is 1. The number of carboxylic acids is 1. The van der Waals surface area contributed by atoms with Crippen LogP contribution in [0.4, 0.5) is 0 Å². The number of hydrogen-bond acceptors (Lipinski definition) is 5. The number of carbonyl (C=O) groups is 2. The lowest BCUT2D eigenvalue weighted by Crippen LogP contribution is -2.48. The summed E-state index contributed by atoms with van der Waals surface area (Å²) in [6, 6.07) is -1.32. The lowest BCUT2D eigenvalue weighted by atomic mass is 9.97. The number of hydrogen-bond donors (Lipinski definition) is 3. The number of aliphatic hydroxyl groups excluding tert-OH is 1. The van der Waals surface area contributed by atoms with Crippen LogP contribution in [0.1, 0.15) is 12.8 Å². The van der Waals surface area contributed by atoms with Gasteiger partial charge in [-0.25, -0.2) is 17.5 Å². The Morgan fingerprint density at radius 2 is 1.89 bits per heavy atom. The Morgan fingerprint density at radius 1 is 1.37 bits per heavy atom. The second-order valence-corrected chi connectivity index (χ2v) is 6.50. The van der Waals surface area contributed by atoms with Gasteiger partial charge < -0.3 is 15.5 Å². The van der Waals surface area contributed by atoms with Gasteiger partial charge in [0, 0.05) is 19.0 Å². The summed E-state index contributed by atoms with van der Waals surface area (Å²) in [7, 11) is -3.25. The average molecular weight is 294 g/mol. The van der Waals surface area contributed by atoms with Crippen molar-refractivity contribution in [2.24, 2.45) is 5.92 Å². The zero-order valence-corrected chi connectivity index (χ0v) is 11.4. The third-order valence-corrected chi connectivity index (χ3v) is 4.39. The summed E-state index contributed by atoms with van der Waals surface area (Å²) in [6.07, 6.45) is 1.80. The first-order valence-corrected chi connectivity index (χ1v) is 7.69. The molecule has 0 unspecified atom stereocenters. The highest BCUT2D eigenvalue weighted by molar-refractivity contribution is 7.88. The van der Waals surface area contributed by atoms with E-state index < -0.39 is 40.5 Å². The maximum absolute atomic E-state index is 11.8. The van der Waals surface area contributed by atoms with E-state index in [0.29, 0.717) is 12.8 Å². The number of piperidine rings is 1. The molecule has 1 aliphatic heterocycles. The monoisotopic (exact) mass is 294 g/mol. The molecule has 9 heteroatoms. The molecular weight excluding hydrogens is 276 g/mol. The Morgan fingerprint density at radius 3 is 2.26 bits per heavy atom. The molecule has 8 nitrogen and oxygen atoms in total. The highest BCUT2D eigenvalue weighted by Gasteiger charge is 2.30. The summed E-state index contributed by atoms with van der Waals surface area (Å²) in [5.41, 5.74) is 0. The molecule has 3 N–H and O–H groups in total. The highest BCUT2D eigenvalue weighted by atomic mass is 32.2. The molecule has 1 rings (SSSR count). The van der Waals surface area contributed by atoms with Gasteiger partial charge in [-0.1, -0.05) is 0 Å². The third-order valence-electron chi connectivity index (χ3n) is 3.09. The summed E-state index contributed by atoms with van der Waals surface area (Å²) in [5, 5.41) is 19.7. The van der Waals surface area contributed by atoms with Gasteiger partial charge >= 0.3 is 5.97 Å². The van der Waals surface area contributed by atoms with Crippen LogP contribution in [0.5, 0.6) is 0 Å². The summed E-state index contributed by atoms with van der Waals surface area (Å²) < 4.78 is 23.9. The van der Waals surface area contributed by atoms with Crippen molar-refractivity contribution in [1.82, 2.24) is 9.62 Å². The number of rotatable bonds is 5. The van der Waals surface area contributed by atoms with Crippen LogP contribution in [-0.4, -0.2) is 66.8 Å². The molecule has 1 amide bonds. The van der Waals surface area contributed by atoms with E-state index in [9.17, 15) is 18.0 Å². The predicted molar refractivity (Wildman–Crippen MR) is 65.8 cm³/mol. The fourth-order valence-electron chi connectivity index (χ4n) is 1.92. The molecule has 0 radical (unpaired) electrons. The molecule has 0 saturated carbocycles. The number of aliphatic carboxylic acids is 1. The Labute approximate surface area is 111 Å². The average Bonchev–Trinajstić information content (AvgIpc) is 2.34. The third kappa shape index (κ3) is 4.44. The summed E-state index contributed by atoms with van der Waals surface area (Å²) in [4.78, 5) is 22.4. The molecule has 1 saturated heterocycles. The Kier molecular flexibility index (Phi) is 5.27. The van der Waals surface area contributed by atoms with E-state index in [-0.39, 0.29) is 13.1 Å². The van der Waals surface area contributed by atoms with Crippen LogP contribution in [0.15, 0.2) is 0 Å². The predicted octanol–water partition coefficient (Wildman–Crippen LogP) is -1.78. The molecule has 110 valence electrons. The summed E-state index contributed by atoms with van der Waals surface area (Å²) in [5.74, 6) is -2.19. The Hall–Kier alpha value is -1.19. The van der Waals surface area contributed by atoms with E-state index >= 15 is 0 Å². The fraction of sp³-hybridized carbons (Fsp3) is 0.800. The van der Waals surface area contributed by atoms with Crippen LogP contribution in [0, 0.1) is 5.92 Å². The standard InChI is InChI=1S/C10H18N2O6S/c1-19(17,18)12-4-2-7(3-5-12)9(14)11-8(6-13)10(15)16/h7-8,13H,2-6H2,1H3,(H,11,14)(H,15,16)/t8-/m0/s1. The molecular formula is C10H18N2O6S. The van der Waals surface area contributed by atoms with Crippen molar-refractivity contribution < 1.29 is 28.2 Å². The number of aliphatic hydroxyl groups is 1. The van der Waals surface area contributed by atoms with Gasteiger partial charge in [-0.2, -0.15) is 0 Å². The van der Waals surface area contributed by atoms with Gasteiger partial charge in [-0.05, 0) is 12.8 Å². The number of nitrogens with zero attached hydrogens (tertiary/aromatic N) is 1. The van der Waals surface area contributed by atoms with Crippen LogP contribution in [0.2, 0.25) is 0 Å². The Balaban J connectivity index is 2.51. The van der Waals surface area contributed by atoms with E-state index in [4.69, 9.17) is 10.2 Å². The summed E-state index contributed by atoms with van der Waals surface area (Å²) in [6.45, 7) is -0.190. The van der Waals surface area contributed by atoms with Crippen molar-refractivity contribution in [2.45, 2.75) is 18.9 Å². The van der Waals surface area contributed by atoms with Gasteiger partial charge in [-0.15, -0.1) is 0 Å². The number of carbonyl (C=O) groups excluding carboxylic acids is 1. The van der Waals surface area contributed by atoms with Crippen LogP contribution < -0.4 is 5.32 Å². The highest BCUT2D eigenvalue weighted by Crippen LogP contribution is 2.19. The minimum absolute atomic E-state index is 0.244. The maximum Gasteiger partial charge on any atom is 0.328 e. The molecule has 0 spiro atoms. The van der Waals surface area contributed by atoms with Crippen molar-refractivity contribution in [1.29, 1.82) is 0 Å². The van der Waals surface area contributed by atoms with E-state index in [1.165, 1.54) is 4.31 Å². The largest absolute Gasteiger partial charge is 0.480 e. The van der Waals surface area contributed by atoms with Crippen LogP contribution in [0.3, 0.4) is 0 Å². The van der Waals surface area contributed by atoms with Crippen molar-refractivity contribution in [3.05, 3.63) is 0 Å². The van der Waals surface area contributed by atoms with Crippen LogP contribution in [0.25, 0.3) is 0 Å².